The van der Waals surface area contributed by atoms with Gasteiger partial charge in [-0.3, -0.25) is 9.69 Å². The molecule has 2 rings (SSSR count). The summed E-state index contributed by atoms with van der Waals surface area (Å²) in [6.45, 7) is 4.86. The third-order valence-electron chi connectivity index (χ3n) is 3.07. The molecule has 26 heavy (non-hydrogen) atoms. The van der Waals surface area contributed by atoms with Crippen molar-refractivity contribution in [2.24, 2.45) is 0 Å². The number of thioether (sulfide) groups is 1. The van der Waals surface area contributed by atoms with Crippen molar-refractivity contribution in [3.63, 3.8) is 0 Å². The first-order valence-corrected chi connectivity index (χ1v) is 10.1. The Balaban J connectivity index is 2.17. The molecule has 1 unspecified atom stereocenters. The summed E-state index contributed by atoms with van der Waals surface area (Å²) in [7, 11) is -9.86. The smallest absolute Gasteiger partial charge is 0.408 e. The van der Waals surface area contributed by atoms with E-state index in [1.165, 1.54) is 0 Å². The molecule has 0 radical (unpaired) electrons. The van der Waals surface area contributed by atoms with Crippen molar-refractivity contribution in [3.05, 3.63) is 24.3 Å². The molecule has 0 aliphatic carbocycles. The first kappa shape index (κ1) is 20.6. The van der Waals surface area contributed by atoms with E-state index in [0.717, 1.165) is 17.0 Å². The monoisotopic (exact) mass is 420 g/mol. The van der Waals surface area contributed by atoms with Crippen molar-refractivity contribution in [3.8, 4) is 0 Å². The highest BCUT2D eigenvalue weighted by Crippen LogP contribution is 3.02. The summed E-state index contributed by atoms with van der Waals surface area (Å²) in [5.41, 5.74) is -1.91. The van der Waals surface area contributed by atoms with E-state index in [9.17, 15) is 29.0 Å². The zero-order valence-corrected chi connectivity index (χ0v) is 15.6. The number of ether oxygens (including phenoxy) is 1. The van der Waals surface area contributed by atoms with E-state index >= 15 is 0 Å². The van der Waals surface area contributed by atoms with Gasteiger partial charge in [0.25, 0.3) is 5.24 Å². The quantitative estimate of drug-likeness (QED) is 0.622. The second-order valence-electron chi connectivity index (χ2n) is 6.67. The van der Waals surface area contributed by atoms with Crippen LogP contribution in [0.3, 0.4) is 0 Å². The standard InChI is InChI=1S/C14H17F5N2O3S2/c1-14(2,3)20-12(22)24-11-8-21(13(23)25-11)9-5-4-6-10(7-9)26(15,16,17,18)19/h4-7,11H,8H2,1-3H3,(H,20,22). The van der Waals surface area contributed by atoms with Crippen molar-refractivity contribution in [2.75, 3.05) is 11.4 Å². The summed E-state index contributed by atoms with van der Waals surface area (Å²) in [6.07, 6.45) is -0.801. The van der Waals surface area contributed by atoms with Gasteiger partial charge in [0.05, 0.1) is 6.54 Å². The average molecular weight is 420 g/mol. The Bertz CT molecular complexity index is 749. The Morgan fingerprint density at radius 1 is 1.27 bits per heavy atom. The fourth-order valence-corrected chi connectivity index (χ4v) is 3.63. The van der Waals surface area contributed by atoms with Crippen LogP contribution in [0, 0.1) is 0 Å². The van der Waals surface area contributed by atoms with Gasteiger partial charge in [0, 0.05) is 11.2 Å². The molecule has 1 heterocycles. The molecule has 2 amide bonds. The highest BCUT2D eigenvalue weighted by molar-refractivity contribution is 8.45. The lowest BCUT2D eigenvalue weighted by Gasteiger charge is -2.40. The maximum absolute atomic E-state index is 12.9. The Hall–Kier alpha value is -1.69. The lowest BCUT2D eigenvalue weighted by Crippen LogP contribution is -2.42. The van der Waals surface area contributed by atoms with Gasteiger partial charge in [0.15, 0.2) is 5.44 Å². The molecule has 1 atom stereocenters. The van der Waals surface area contributed by atoms with Crippen LogP contribution in [-0.2, 0) is 4.74 Å². The lowest BCUT2D eigenvalue weighted by atomic mass is 10.1. The van der Waals surface area contributed by atoms with Crippen LogP contribution in [0.5, 0.6) is 0 Å². The van der Waals surface area contributed by atoms with Gasteiger partial charge < -0.3 is 10.1 Å². The number of carbonyl (C=O) groups is 2. The van der Waals surface area contributed by atoms with Crippen molar-refractivity contribution in [1.29, 1.82) is 0 Å². The Labute approximate surface area is 151 Å². The number of alkyl carbamates (subject to hydrolysis) is 1. The molecule has 1 N–H and O–H groups in total. The zero-order valence-electron chi connectivity index (χ0n) is 14.0. The predicted molar refractivity (Wildman–Crippen MR) is 91.3 cm³/mol. The van der Waals surface area contributed by atoms with E-state index < -0.39 is 37.4 Å². The molecule has 1 aromatic rings. The molecule has 0 aromatic heterocycles. The fourth-order valence-electron chi connectivity index (χ4n) is 2.06. The maximum atomic E-state index is 12.9. The van der Waals surface area contributed by atoms with Crippen LogP contribution in [0.4, 0.5) is 34.7 Å². The number of nitrogens with one attached hydrogen (secondary N) is 1. The van der Waals surface area contributed by atoms with E-state index in [1.54, 1.807) is 20.8 Å². The van der Waals surface area contributed by atoms with E-state index in [4.69, 9.17) is 4.74 Å². The number of halogens is 5. The molecular formula is C14H17F5N2O3S2. The Morgan fingerprint density at radius 3 is 2.42 bits per heavy atom. The molecule has 5 nitrogen and oxygen atoms in total. The largest absolute Gasteiger partial charge is 0.433 e. The molecule has 1 aliphatic rings. The Morgan fingerprint density at radius 2 is 1.88 bits per heavy atom. The molecule has 0 spiro atoms. The van der Waals surface area contributed by atoms with Gasteiger partial charge in [-0.05, 0) is 50.7 Å². The SMILES string of the molecule is CC(C)(C)NC(=O)OC1CN(c2cccc(S(F)(F)(F)(F)F)c2)C(=O)S1. The van der Waals surface area contributed by atoms with Gasteiger partial charge in [0.1, 0.15) is 4.90 Å². The number of hydrogen-bond donors (Lipinski definition) is 1. The van der Waals surface area contributed by atoms with Crippen LogP contribution in [0.1, 0.15) is 20.8 Å². The summed E-state index contributed by atoms with van der Waals surface area (Å²) in [5, 5.41) is 1.80. The highest BCUT2D eigenvalue weighted by atomic mass is 32.5. The molecule has 1 saturated heterocycles. The number of nitrogens with zero attached hydrogens (tertiary/aromatic N) is 1. The molecule has 1 fully saturated rings. The van der Waals surface area contributed by atoms with Crippen LogP contribution in [-0.4, -0.2) is 28.9 Å². The van der Waals surface area contributed by atoms with Crippen molar-refractivity contribution >= 4 is 39.0 Å². The van der Waals surface area contributed by atoms with Crippen LogP contribution < -0.4 is 10.2 Å². The summed E-state index contributed by atoms with van der Waals surface area (Å²) in [5.74, 6) is 0. The van der Waals surface area contributed by atoms with E-state index in [1.807, 2.05) is 0 Å². The van der Waals surface area contributed by atoms with Crippen LogP contribution >= 0.6 is 22.0 Å². The zero-order chi connectivity index (χ0) is 20.0. The first-order valence-electron chi connectivity index (χ1n) is 7.26. The van der Waals surface area contributed by atoms with Gasteiger partial charge >= 0.3 is 16.3 Å². The summed E-state index contributed by atoms with van der Waals surface area (Å²) in [4.78, 5) is 22.5. The first-order chi connectivity index (χ1) is 11.4. The Kier molecular flexibility index (Phi) is 4.48. The molecule has 1 aromatic carbocycles. The highest BCUT2D eigenvalue weighted by Gasteiger charge is 2.65. The van der Waals surface area contributed by atoms with Gasteiger partial charge in [-0.25, -0.2) is 4.79 Å². The second-order valence-corrected chi connectivity index (χ2v) is 10.2. The number of anilines is 1. The molecule has 1 aliphatic heterocycles. The van der Waals surface area contributed by atoms with Gasteiger partial charge in [0.2, 0.25) is 0 Å². The van der Waals surface area contributed by atoms with Crippen LogP contribution in [0.25, 0.3) is 0 Å². The van der Waals surface area contributed by atoms with Gasteiger partial charge in [-0.15, -0.1) is 0 Å². The van der Waals surface area contributed by atoms with E-state index in [0.29, 0.717) is 11.8 Å². The van der Waals surface area contributed by atoms with Crippen LogP contribution in [0.2, 0.25) is 0 Å². The number of rotatable bonds is 3. The summed E-state index contributed by atoms with van der Waals surface area (Å²) in [6, 6.07) is 2.37. The van der Waals surface area contributed by atoms with Crippen molar-refractivity contribution < 1.29 is 33.8 Å². The molecule has 0 bridgehead atoms. The topological polar surface area (TPSA) is 58.6 Å². The fraction of sp³-hybridized carbons (Fsp3) is 0.429. The van der Waals surface area contributed by atoms with Crippen molar-refractivity contribution in [2.45, 2.75) is 36.6 Å². The minimum absolute atomic E-state index is 0.220. The molecule has 0 saturated carbocycles. The number of carbonyl (C=O) groups excluding carboxylic acids is 2. The third kappa shape index (κ3) is 5.40. The summed E-state index contributed by atoms with van der Waals surface area (Å²) >= 11 is 0.579. The van der Waals surface area contributed by atoms with Crippen molar-refractivity contribution in [1.82, 2.24) is 5.32 Å². The normalized spacial score (nSPS) is 21.2. The van der Waals surface area contributed by atoms with E-state index in [-0.39, 0.29) is 24.4 Å². The molecular weight excluding hydrogens is 403 g/mol. The maximum Gasteiger partial charge on any atom is 0.408 e. The van der Waals surface area contributed by atoms with Gasteiger partial charge in [-0.1, -0.05) is 25.5 Å². The minimum Gasteiger partial charge on any atom is -0.433 e. The average Bonchev–Trinajstić information content (AvgIpc) is 2.74. The van der Waals surface area contributed by atoms with Crippen LogP contribution in [0.15, 0.2) is 29.2 Å². The van der Waals surface area contributed by atoms with E-state index in [2.05, 4.69) is 5.32 Å². The third-order valence-corrected chi connectivity index (χ3v) is 5.15. The number of benzene rings is 1. The number of hydrogen-bond acceptors (Lipinski definition) is 4. The summed E-state index contributed by atoms with van der Waals surface area (Å²) < 4.78 is 69.7. The lowest BCUT2D eigenvalue weighted by molar-refractivity contribution is 0.131. The minimum atomic E-state index is -9.86. The molecule has 12 heteroatoms. The molecule has 148 valence electrons. The van der Waals surface area contributed by atoms with Gasteiger partial charge in [-0.2, -0.15) is 0 Å². The second kappa shape index (κ2) is 5.65. The predicted octanol–water partition coefficient (Wildman–Crippen LogP) is 5.87. The number of amides is 2.